The van der Waals surface area contributed by atoms with Crippen LogP contribution in [0.4, 0.5) is 5.95 Å². The molecule has 3 aromatic heterocycles. The summed E-state index contributed by atoms with van der Waals surface area (Å²) in [6.07, 6.45) is 6.24. The molecular weight excluding hydrogens is 434 g/mol. The lowest BCUT2D eigenvalue weighted by atomic mass is 9.97. The number of amides is 1. The second-order valence-corrected chi connectivity index (χ2v) is 9.94. The maximum absolute atomic E-state index is 12.5. The third kappa shape index (κ3) is 3.84. The number of hydrogen-bond acceptors (Lipinski definition) is 8. The van der Waals surface area contributed by atoms with E-state index in [0.717, 1.165) is 44.2 Å². The Labute approximate surface area is 186 Å². The van der Waals surface area contributed by atoms with E-state index in [-0.39, 0.29) is 11.7 Å². The fraction of sp³-hybridized carbons (Fsp3) is 0.286. The minimum atomic E-state index is -0.134. The number of aromatic nitrogens is 4. The smallest absolute Gasteiger partial charge is 0.241 e. The second kappa shape index (κ2) is 8.41. The predicted octanol–water partition coefficient (Wildman–Crippen LogP) is 5.13. The van der Waals surface area contributed by atoms with Gasteiger partial charge in [-0.05, 0) is 55.3 Å². The SMILES string of the molecule is Cc1ccccc1-c1nc(NC(=O)CSc2ncnc3sc4c(c23)CCCC4)ns1. The Balaban J connectivity index is 1.28. The molecular formula is C21H19N5OS3. The Morgan fingerprint density at radius 1 is 1.20 bits per heavy atom. The molecule has 0 spiro atoms. The maximum Gasteiger partial charge on any atom is 0.241 e. The van der Waals surface area contributed by atoms with Crippen molar-refractivity contribution in [2.45, 2.75) is 37.6 Å². The van der Waals surface area contributed by atoms with Gasteiger partial charge in [0.2, 0.25) is 11.9 Å². The molecule has 3 heterocycles. The van der Waals surface area contributed by atoms with Crippen molar-refractivity contribution in [3.05, 3.63) is 46.6 Å². The largest absolute Gasteiger partial charge is 0.293 e. The summed E-state index contributed by atoms with van der Waals surface area (Å²) in [4.78, 5) is 28.4. The molecule has 1 amide bonds. The molecule has 5 rings (SSSR count). The van der Waals surface area contributed by atoms with Crippen molar-refractivity contribution in [1.29, 1.82) is 0 Å². The zero-order chi connectivity index (χ0) is 20.5. The zero-order valence-corrected chi connectivity index (χ0v) is 18.8. The summed E-state index contributed by atoms with van der Waals surface area (Å²) in [5.41, 5.74) is 3.55. The van der Waals surface area contributed by atoms with Gasteiger partial charge in [0.05, 0.1) is 5.75 Å². The Morgan fingerprint density at radius 2 is 2.07 bits per heavy atom. The molecule has 4 aromatic rings. The molecule has 1 aromatic carbocycles. The predicted molar refractivity (Wildman–Crippen MR) is 123 cm³/mol. The first-order valence-corrected chi connectivity index (χ1v) is 12.3. The second-order valence-electron chi connectivity index (χ2n) is 7.14. The average Bonchev–Trinajstić information content (AvgIpc) is 3.37. The van der Waals surface area contributed by atoms with Gasteiger partial charge in [0, 0.05) is 15.8 Å². The van der Waals surface area contributed by atoms with Crippen molar-refractivity contribution in [3.63, 3.8) is 0 Å². The van der Waals surface area contributed by atoms with Crippen LogP contribution in [0.3, 0.4) is 0 Å². The Kier molecular flexibility index (Phi) is 5.49. The van der Waals surface area contributed by atoms with Gasteiger partial charge in [0.15, 0.2) is 0 Å². The highest BCUT2D eigenvalue weighted by Gasteiger charge is 2.20. The van der Waals surface area contributed by atoms with E-state index < -0.39 is 0 Å². The van der Waals surface area contributed by atoms with Crippen LogP contribution in [-0.2, 0) is 17.6 Å². The molecule has 0 saturated carbocycles. The van der Waals surface area contributed by atoms with Gasteiger partial charge >= 0.3 is 0 Å². The molecule has 0 aliphatic heterocycles. The Hall–Kier alpha value is -2.36. The first-order chi connectivity index (χ1) is 14.7. The van der Waals surface area contributed by atoms with Crippen LogP contribution in [0.2, 0.25) is 0 Å². The summed E-state index contributed by atoms with van der Waals surface area (Å²) in [5.74, 6) is 0.477. The molecule has 0 bridgehead atoms. The fourth-order valence-electron chi connectivity index (χ4n) is 3.66. The van der Waals surface area contributed by atoms with E-state index in [1.165, 1.54) is 46.6 Å². The molecule has 0 saturated heterocycles. The van der Waals surface area contributed by atoms with Crippen LogP contribution in [-0.4, -0.2) is 31.0 Å². The molecule has 1 aliphatic rings. The van der Waals surface area contributed by atoms with E-state index in [1.807, 2.05) is 31.2 Å². The first kappa shape index (κ1) is 19.6. The van der Waals surface area contributed by atoms with Gasteiger partial charge in [0.1, 0.15) is 21.2 Å². The van der Waals surface area contributed by atoms with Crippen molar-refractivity contribution in [2.24, 2.45) is 0 Å². The average molecular weight is 454 g/mol. The van der Waals surface area contributed by atoms with Crippen molar-refractivity contribution >= 4 is 56.7 Å². The lowest BCUT2D eigenvalue weighted by molar-refractivity contribution is -0.113. The summed E-state index contributed by atoms with van der Waals surface area (Å²) < 4.78 is 4.29. The number of fused-ring (bicyclic) bond motifs is 3. The highest BCUT2D eigenvalue weighted by molar-refractivity contribution is 8.00. The van der Waals surface area contributed by atoms with Crippen LogP contribution < -0.4 is 5.32 Å². The third-order valence-electron chi connectivity index (χ3n) is 5.11. The molecule has 152 valence electrons. The number of aryl methyl sites for hydroxylation is 3. The summed E-state index contributed by atoms with van der Waals surface area (Å²) in [6.45, 7) is 2.04. The molecule has 6 nitrogen and oxygen atoms in total. The number of rotatable bonds is 5. The van der Waals surface area contributed by atoms with E-state index in [9.17, 15) is 4.79 Å². The Morgan fingerprint density at radius 3 is 2.97 bits per heavy atom. The molecule has 9 heteroatoms. The van der Waals surface area contributed by atoms with Gasteiger partial charge in [0.25, 0.3) is 0 Å². The maximum atomic E-state index is 12.5. The molecule has 0 fully saturated rings. The van der Waals surface area contributed by atoms with Crippen LogP contribution in [0.5, 0.6) is 0 Å². The minimum Gasteiger partial charge on any atom is -0.293 e. The van der Waals surface area contributed by atoms with E-state index in [1.54, 1.807) is 17.7 Å². The number of hydrogen-bond donors (Lipinski definition) is 1. The minimum absolute atomic E-state index is 0.134. The molecule has 1 N–H and O–H groups in total. The fourth-order valence-corrected chi connectivity index (χ4v) is 6.50. The highest BCUT2D eigenvalue weighted by atomic mass is 32.2. The van der Waals surface area contributed by atoms with Crippen LogP contribution in [0.25, 0.3) is 20.8 Å². The Bertz CT molecular complexity index is 1230. The van der Waals surface area contributed by atoms with E-state index in [2.05, 4.69) is 24.6 Å². The van der Waals surface area contributed by atoms with Crippen LogP contribution >= 0.6 is 34.6 Å². The van der Waals surface area contributed by atoms with Crippen molar-refractivity contribution in [1.82, 2.24) is 19.3 Å². The third-order valence-corrected chi connectivity index (χ3v) is 8.05. The van der Waals surface area contributed by atoms with E-state index in [0.29, 0.717) is 5.95 Å². The molecule has 0 atom stereocenters. The van der Waals surface area contributed by atoms with E-state index in [4.69, 9.17) is 0 Å². The number of carbonyl (C=O) groups is 1. The molecule has 0 radical (unpaired) electrons. The van der Waals surface area contributed by atoms with Gasteiger partial charge in [-0.25, -0.2) is 9.97 Å². The lowest BCUT2D eigenvalue weighted by Gasteiger charge is -2.11. The van der Waals surface area contributed by atoms with Gasteiger partial charge < -0.3 is 0 Å². The number of nitrogens with zero attached hydrogens (tertiary/aromatic N) is 4. The number of benzene rings is 1. The highest BCUT2D eigenvalue weighted by Crippen LogP contribution is 2.39. The number of nitrogens with one attached hydrogen (secondary N) is 1. The van der Waals surface area contributed by atoms with E-state index >= 15 is 0 Å². The normalized spacial score (nSPS) is 13.4. The van der Waals surface area contributed by atoms with Crippen molar-refractivity contribution in [3.8, 4) is 10.6 Å². The summed E-state index contributed by atoms with van der Waals surface area (Å²) >= 11 is 4.51. The number of thiophene rings is 1. The quantitative estimate of drug-likeness (QED) is 0.333. The summed E-state index contributed by atoms with van der Waals surface area (Å²) in [7, 11) is 0. The molecule has 0 unspecified atom stereocenters. The van der Waals surface area contributed by atoms with Crippen molar-refractivity contribution < 1.29 is 4.79 Å². The van der Waals surface area contributed by atoms with Gasteiger partial charge in [-0.2, -0.15) is 9.36 Å². The summed E-state index contributed by atoms with van der Waals surface area (Å²) in [5, 5.41) is 5.65. The van der Waals surface area contributed by atoms with Crippen LogP contribution in [0.1, 0.15) is 28.8 Å². The number of anilines is 1. The van der Waals surface area contributed by atoms with Gasteiger partial charge in [-0.15, -0.1) is 11.3 Å². The summed E-state index contributed by atoms with van der Waals surface area (Å²) in [6, 6.07) is 8.02. The lowest BCUT2D eigenvalue weighted by Crippen LogP contribution is -2.15. The molecule has 1 aliphatic carbocycles. The topological polar surface area (TPSA) is 80.7 Å². The first-order valence-electron chi connectivity index (χ1n) is 9.76. The number of thioether (sulfide) groups is 1. The zero-order valence-electron chi connectivity index (χ0n) is 16.3. The van der Waals surface area contributed by atoms with Crippen LogP contribution in [0, 0.1) is 6.92 Å². The van der Waals surface area contributed by atoms with Crippen LogP contribution in [0.15, 0.2) is 35.6 Å². The number of carbonyl (C=O) groups excluding carboxylic acids is 1. The van der Waals surface area contributed by atoms with Gasteiger partial charge in [-0.1, -0.05) is 36.0 Å². The standard InChI is InChI=1S/C21H19N5OS3/c1-12-6-2-3-7-13(12)18-25-21(26-30-18)24-16(27)10-28-19-17-14-8-4-5-9-15(14)29-20(17)23-11-22-19/h2-3,6-7,11H,4-5,8-10H2,1H3,(H,24,26,27). The molecule has 30 heavy (non-hydrogen) atoms. The van der Waals surface area contributed by atoms with Gasteiger partial charge in [-0.3, -0.25) is 10.1 Å². The monoisotopic (exact) mass is 453 g/mol. The van der Waals surface area contributed by atoms with Crippen molar-refractivity contribution in [2.75, 3.05) is 11.1 Å².